The number of hydrogen-bond acceptors (Lipinski definition) is 3. The summed E-state index contributed by atoms with van der Waals surface area (Å²) >= 11 is 5.91. The molecule has 2 rings (SSSR count). The van der Waals surface area contributed by atoms with E-state index in [2.05, 4.69) is 17.4 Å². The van der Waals surface area contributed by atoms with Gasteiger partial charge in [-0.1, -0.05) is 23.7 Å². The van der Waals surface area contributed by atoms with Crippen LogP contribution in [-0.4, -0.2) is 32.1 Å². The quantitative estimate of drug-likeness (QED) is 0.744. The summed E-state index contributed by atoms with van der Waals surface area (Å²) in [5, 5.41) is 4.33. The molecule has 4 heteroatoms. The van der Waals surface area contributed by atoms with E-state index in [1.807, 2.05) is 26.0 Å². The second kappa shape index (κ2) is 7.99. The molecule has 0 unspecified atom stereocenters. The minimum atomic E-state index is -0.125. The number of benzene rings is 1. The van der Waals surface area contributed by atoms with Crippen molar-refractivity contribution in [2.75, 3.05) is 19.8 Å². The number of hydrogen-bond donors (Lipinski definition) is 1. The summed E-state index contributed by atoms with van der Waals surface area (Å²) in [5.41, 5.74) is 1.39. The van der Waals surface area contributed by atoms with Crippen LogP contribution in [-0.2, 0) is 9.47 Å². The van der Waals surface area contributed by atoms with Gasteiger partial charge in [-0.25, -0.2) is 0 Å². The Labute approximate surface area is 126 Å². The van der Waals surface area contributed by atoms with Crippen molar-refractivity contribution >= 4 is 11.6 Å². The van der Waals surface area contributed by atoms with Gasteiger partial charge in [-0.3, -0.25) is 0 Å². The van der Waals surface area contributed by atoms with Crippen molar-refractivity contribution in [1.29, 1.82) is 0 Å². The summed E-state index contributed by atoms with van der Waals surface area (Å²) in [4.78, 5) is 0. The number of ether oxygens (including phenoxy) is 2. The lowest BCUT2D eigenvalue weighted by Gasteiger charge is -2.37. The Balaban J connectivity index is 1.69. The number of nitrogens with one attached hydrogen (secondary N) is 1. The molecule has 1 fully saturated rings. The average Bonchev–Trinajstić information content (AvgIpc) is 2.39. The standard InChI is InChI=1S/C16H24ClNO2/c1-3-19-16(20-4-2)11-18-15-9-13(10-15)12-5-7-14(17)8-6-12/h5-8,13,15-16,18H,3-4,9-11H2,1-2H3. The zero-order valence-corrected chi connectivity index (χ0v) is 13.0. The maximum Gasteiger partial charge on any atom is 0.169 e. The SMILES string of the molecule is CCOC(CNC1CC(c2ccc(Cl)cc2)C1)OCC. The second-order valence-corrected chi connectivity index (χ2v) is 5.60. The van der Waals surface area contributed by atoms with Crippen molar-refractivity contribution in [3.63, 3.8) is 0 Å². The molecule has 0 aromatic heterocycles. The zero-order chi connectivity index (χ0) is 14.4. The molecule has 1 saturated carbocycles. The van der Waals surface area contributed by atoms with E-state index in [9.17, 15) is 0 Å². The smallest absolute Gasteiger partial charge is 0.169 e. The summed E-state index contributed by atoms with van der Waals surface area (Å²) in [6.07, 6.45) is 2.22. The van der Waals surface area contributed by atoms with Crippen LogP contribution in [0.1, 0.15) is 38.2 Å². The molecule has 1 aromatic rings. The first kappa shape index (κ1) is 15.8. The molecule has 1 aromatic carbocycles. The minimum Gasteiger partial charge on any atom is -0.352 e. The van der Waals surface area contributed by atoms with Crippen LogP contribution in [0.2, 0.25) is 5.02 Å². The van der Waals surface area contributed by atoms with Crippen LogP contribution in [0, 0.1) is 0 Å². The highest BCUT2D eigenvalue weighted by Crippen LogP contribution is 2.37. The van der Waals surface area contributed by atoms with Crippen LogP contribution in [0.15, 0.2) is 24.3 Å². The number of halogens is 1. The number of rotatable bonds is 8. The highest BCUT2D eigenvalue weighted by Gasteiger charge is 2.30. The van der Waals surface area contributed by atoms with E-state index in [-0.39, 0.29) is 6.29 Å². The maximum atomic E-state index is 5.91. The third-order valence-corrected chi connectivity index (χ3v) is 4.01. The first-order valence-corrected chi connectivity index (χ1v) is 7.82. The molecule has 0 bridgehead atoms. The molecule has 3 nitrogen and oxygen atoms in total. The molecular weight excluding hydrogens is 274 g/mol. The van der Waals surface area contributed by atoms with Crippen LogP contribution < -0.4 is 5.32 Å². The molecule has 0 radical (unpaired) electrons. The van der Waals surface area contributed by atoms with Gasteiger partial charge in [0, 0.05) is 30.8 Å². The van der Waals surface area contributed by atoms with Gasteiger partial charge in [-0.15, -0.1) is 0 Å². The van der Waals surface area contributed by atoms with Gasteiger partial charge in [0.1, 0.15) is 0 Å². The third-order valence-electron chi connectivity index (χ3n) is 3.76. The average molecular weight is 298 g/mol. The van der Waals surface area contributed by atoms with Gasteiger partial charge < -0.3 is 14.8 Å². The summed E-state index contributed by atoms with van der Waals surface area (Å²) < 4.78 is 11.1. The van der Waals surface area contributed by atoms with E-state index in [0.29, 0.717) is 25.2 Å². The summed E-state index contributed by atoms with van der Waals surface area (Å²) in [6, 6.07) is 8.77. The fourth-order valence-corrected chi connectivity index (χ4v) is 2.72. The van der Waals surface area contributed by atoms with Crippen LogP contribution >= 0.6 is 11.6 Å². The van der Waals surface area contributed by atoms with Gasteiger partial charge >= 0.3 is 0 Å². The topological polar surface area (TPSA) is 30.5 Å². The fraction of sp³-hybridized carbons (Fsp3) is 0.625. The largest absolute Gasteiger partial charge is 0.352 e. The third kappa shape index (κ3) is 4.45. The molecule has 1 aliphatic carbocycles. The molecule has 112 valence electrons. The Morgan fingerprint density at radius 2 is 1.75 bits per heavy atom. The molecule has 0 heterocycles. The second-order valence-electron chi connectivity index (χ2n) is 5.17. The van der Waals surface area contributed by atoms with E-state index >= 15 is 0 Å². The molecule has 1 N–H and O–H groups in total. The van der Waals surface area contributed by atoms with Crippen LogP contribution in [0.3, 0.4) is 0 Å². The van der Waals surface area contributed by atoms with Gasteiger partial charge in [0.2, 0.25) is 0 Å². The Hall–Kier alpha value is -0.610. The highest BCUT2D eigenvalue weighted by molar-refractivity contribution is 6.30. The normalized spacial score (nSPS) is 22.0. The molecule has 1 aliphatic rings. The maximum absolute atomic E-state index is 5.91. The van der Waals surface area contributed by atoms with Gasteiger partial charge in [0.05, 0.1) is 0 Å². The van der Waals surface area contributed by atoms with Gasteiger partial charge in [-0.2, -0.15) is 0 Å². The first-order chi connectivity index (χ1) is 9.72. The lowest BCUT2D eigenvalue weighted by atomic mass is 9.76. The van der Waals surface area contributed by atoms with Gasteiger partial charge in [-0.05, 0) is 50.3 Å². The van der Waals surface area contributed by atoms with Crippen molar-refractivity contribution in [2.45, 2.75) is 44.9 Å². The van der Waals surface area contributed by atoms with Gasteiger partial charge in [0.25, 0.3) is 0 Å². The summed E-state index contributed by atoms with van der Waals surface area (Å²) in [6.45, 7) is 6.12. The van der Waals surface area contributed by atoms with Gasteiger partial charge in [0.15, 0.2) is 6.29 Å². The molecule has 0 amide bonds. The van der Waals surface area contributed by atoms with Crippen molar-refractivity contribution in [1.82, 2.24) is 5.32 Å². The minimum absolute atomic E-state index is 0.125. The Morgan fingerprint density at radius 1 is 1.15 bits per heavy atom. The monoisotopic (exact) mass is 297 g/mol. The molecular formula is C16H24ClNO2. The van der Waals surface area contributed by atoms with E-state index in [1.54, 1.807) is 0 Å². The van der Waals surface area contributed by atoms with E-state index in [0.717, 1.165) is 11.6 Å². The Kier molecular flexibility index (Phi) is 6.30. The fourth-order valence-electron chi connectivity index (χ4n) is 2.59. The zero-order valence-electron chi connectivity index (χ0n) is 12.3. The lowest BCUT2D eigenvalue weighted by Crippen LogP contribution is -2.44. The summed E-state index contributed by atoms with van der Waals surface area (Å²) in [7, 11) is 0. The Morgan fingerprint density at radius 3 is 2.30 bits per heavy atom. The molecule has 0 saturated heterocycles. The van der Waals surface area contributed by atoms with Crippen molar-refractivity contribution in [3.8, 4) is 0 Å². The highest BCUT2D eigenvalue weighted by atomic mass is 35.5. The molecule has 0 aliphatic heterocycles. The van der Waals surface area contributed by atoms with Crippen LogP contribution in [0.4, 0.5) is 0 Å². The Bertz CT molecular complexity index is 384. The molecule has 20 heavy (non-hydrogen) atoms. The van der Waals surface area contributed by atoms with E-state index < -0.39 is 0 Å². The molecule has 0 spiro atoms. The van der Waals surface area contributed by atoms with Crippen LogP contribution in [0.5, 0.6) is 0 Å². The first-order valence-electron chi connectivity index (χ1n) is 7.45. The predicted molar refractivity (Wildman–Crippen MR) is 82.3 cm³/mol. The van der Waals surface area contributed by atoms with E-state index in [4.69, 9.17) is 21.1 Å². The van der Waals surface area contributed by atoms with Crippen molar-refractivity contribution in [2.24, 2.45) is 0 Å². The van der Waals surface area contributed by atoms with Crippen molar-refractivity contribution < 1.29 is 9.47 Å². The van der Waals surface area contributed by atoms with Crippen molar-refractivity contribution in [3.05, 3.63) is 34.9 Å². The summed E-state index contributed by atoms with van der Waals surface area (Å²) in [5.74, 6) is 0.655. The predicted octanol–water partition coefficient (Wildman–Crippen LogP) is 3.57. The molecule has 0 atom stereocenters. The van der Waals surface area contributed by atoms with E-state index in [1.165, 1.54) is 18.4 Å². The lowest BCUT2D eigenvalue weighted by molar-refractivity contribution is -0.134. The van der Waals surface area contributed by atoms with Crippen LogP contribution in [0.25, 0.3) is 0 Å².